The molecule has 0 amide bonds. The quantitative estimate of drug-likeness (QED) is 0.543. The summed E-state index contributed by atoms with van der Waals surface area (Å²) in [6, 6.07) is 5.07. The minimum Gasteiger partial charge on any atom is -0.343 e. The average molecular weight is 379 g/mol. The maximum Gasteiger partial charge on any atom is 0.0917 e. The average Bonchev–Trinajstić information content (AvgIpc) is 3.02. The lowest BCUT2D eigenvalue weighted by Crippen LogP contribution is -2.13. The molecular formula is C24H34N4. The second-order valence-electron chi connectivity index (χ2n) is 7.68. The first kappa shape index (κ1) is 20.5. The molecule has 150 valence electrons. The largest absolute Gasteiger partial charge is 0.343 e. The highest BCUT2D eigenvalue weighted by atomic mass is 15.0. The molecular weight excluding hydrogens is 344 g/mol. The maximum atomic E-state index is 5.14. The van der Waals surface area contributed by atoms with Gasteiger partial charge < -0.3 is 9.88 Å². The van der Waals surface area contributed by atoms with Gasteiger partial charge in [0, 0.05) is 30.5 Å². The molecule has 0 radical (unpaired) electrons. The minimum atomic E-state index is 0.529. The van der Waals surface area contributed by atoms with E-state index in [2.05, 4.69) is 69.8 Å². The van der Waals surface area contributed by atoms with E-state index in [1.807, 2.05) is 6.20 Å². The second-order valence-corrected chi connectivity index (χ2v) is 7.68. The van der Waals surface area contributed by atoms with Gasteiger partial charge in [0.05, 0.1) is 22.4 Å². The molecule has 3 heterocycles. The zero-order chi connectivity index (χ0) is 20.3. The Morgan fingerprint density at radius 2 is 1.79 bits per heavy atom. The SMILES string of the molecule is CCNCc1cc(CC)c(-c2nc3c(C)cn(C(CC)CC)c3cc2C)cn1. The molecule has 28 heavy (non-hydrogen) atoms. The molecule has 0 aliphatic carbocycles. The van der Waals surface area contributed by atoms with E-state index in [9.17, 15) is 0 Å². The summed E-state index contributed by atoms with van der Waals surface area (Å²) in [6.45, 7) is 15.0. The number of nitrogens with zero attached hydrogens (tertiary/aromatic N) is 3. The fourth-order valence-electron chi connectivity index (χ4n) is 4.08. The van der Waals surface area contributed by atoms with Crippen LogP contribution in [0, 0.1) is 13.8 Å². The predicted octanol–water partition coefficient (Wildman–Crippen LogP) is 5.75. The van der Waals surface area contributed by atoms with E-state index in [4.69, 9.17) is 9.97 Å². The lowest BCUT2D eigenvalue weighted by atomic mass is 10.00. The Hall–Kier alpha value is -2.20. The van der Waals surface area contributed by atoms with Crippen LogP contribution in [-0.2, 0) is 13.0 Å². The van der Waals surface area contributed by atoms with Gasteiger partial charge in [-0.1, -0.05) is 27.7 Å². The third-order valence-corrected chi connectivity index (χ3v) is 5.75. The van der Waals surface area contributed by atoms with Crippen molar-refractivity contribution in [2.45, 2.75) is 73.4 Å². The Morgan fingerprint density at radius 1 is 1.04 bits per heavy atom. The Balaban J connectivity index is 2.11. The molecule has 3 rings (SSSR count). The number of hydrogen-bond acceptors (Lipinski definition) is 3. The van der Waals surface area contributed by atoms with Gasteiger partial charge in [-0.3, -0.25) is 4.98 Å². The molecule has 0 saturated carbocycles. The summed E-state index contributed by atoms with van der Waals surface area (Å²) in [7, 11) is 0. The normalized spacial score (nSPS) is 11.7. The molecule has 4 nitrogen and oxygen atoms in total. The molecule has 1 N–H and O–H groups in total. The van der Waals surface area contributed by atoms with Crippen LogP contribution in [0.25, 0.3) is 22.3 Å². The lowest BCUT2D eigenvalue weighted by Gasteiger charge is -2.17. The van der Waals surface area contributed by atoms with Gasteiger partial charge >= 0.3 is 0 Å². The highest BCUT2D eigenvalue weighted by Crippen LogP contribution is 2.32. The predicted molar refractivity (Wildman–Crippen MR) is 119 cm³/mol. The highest BCUT2D eigenvalue weighted by Gasteiger charge is 2.17. The number of rotatable bonds is 8. The minimum absolute atomic E-state index is 0.529. The van der Waals surface area contributed by atoms with Crippen molar-refractivity contribution in [3.05, 3.63) is 46.9 Å². The topological polar surface area (TPSA) is 42.7 Å². The fraction of sp³-hybridized carbons (Fsp3) is 0.500. The molecule has 0 aromatic carbocycles. The van der Waals surface area contributed by atoms with Crippen molar-refractivity contribution in [1.29, 1.82) is 0 Å². The van der Waals surface area contributed by atoms with E-state index in [1.165, 1.54) is 22.2 Å². The van der Waals surface area contributed by atoms with Crippen molar-refractivity contribution < 1.29 is 0 Å². The van der Waals surface area contributed by atoms with Gasteiger partial charge in [0.25, 0.3) is 0 Å². The zero-order valence-corrected chi connectivity index (χ0v) is 18.3. The van der Waals surface area contributed by atoms with Crippen molar-refractivity contribution in [2.75, 3.05) is 6.54 Å². The van der Waals surface area contributed by atoms with Crippen molar-refractivity contribution >= 4 is 11.0 Å². The van der Waals surface area contributed by atoms with Crippen molar-refractivity contribution in [1.82, 2.24) is 19.9 Å². The van der Waals surface area contributed by atoms with E-state index in [-0.39, 0.29) is 0 Å². The van der Waals surface area contributed by atoms with Crippen LogP contribution >= 0.6 is 0 Å². The van der Waals surface area contributed by atoms with Gasteiger partial charge in [-0.2, -0.15) is 0 Å². The molecule has 3 aromatic rings. The van der Waals surface area contributed by atoms with Crippen LogP contribution in [-0.4, -0.2) is 21.1 Å². The van der Waals surface area contributed by atoms with Gasteiger partial charge in [0.1, 0.15) is 0 Å². The molecule has 0 fully saturated rings. The Morgan fingerprint density at radius 3 is 2.43 bits per heavy atom. The molecule has 0 aliphatic heterocycles. The van der Waals surface area contributed by atoms with Crippen LogP contribution in [0.15, 0.2) is 24.5 Å². The number of pyridine rings is 2. The lowest BCUT2D eigenvalue weighted by molar-refractivity contribution is 0.485. The van der Waals surface area contributed by atoms with Gasteiger partial charge in [0.2, 0.25) is 0 Å². The van der Waals surface area contributed by atoms with E-state index in [0.29, 0.717) is 6.04 Å². The summed E-state index contributed by atoms with van der Waals surface area (Å²) >= 11 is 0. The first-order chi connectivity index (χ1) is 13.5. The first-order valence-electron chi connectivity index (χ1n) is 10.7. The van der Waals surface area contributed by atoms with Crippen molar-refractivity contribution in [2.24, 2.45) is 0 Å². The highest BCUT2D eigenvalue weighted by molar-refractivity contribution is 5.84. The monoisotopic (exact) mass is 378 g/mol. The molecule has 0 aliphatic rings. The van der Waals surface area contributed by atoms with Crippen LogP contribution in [0.1, 0.15) is 69.0 Å². The summed E-state index contributed by atoms with van der Waals surface area (Å²) in [5.41, 5.74) is 9.47. The molecule has 0 spiro atoms. The molecule has 4 heteroatoms. The third kappa shape index (κ3) is 3.83. The van der Waals surface area contributed by atoms with Crippen molar-refractivity contribution in [3.63, 3.8) is 0 Å². The van der Waals surface area contributed by atoms with E-state index >= 15 is 0 Å². The summed E-state index contributed by atoms with van der Waals surface area (Å²) in [4.78, 5) is 9.84. The van der Waals surface area contributed by atoms with E-state index in [1.54, 1.807) is 0 Å². The fourth-order valence-corrected chi connectivity index (χ4v) is 4.08. The second kappa shape index (κ2) is 8.87. The molecule has 0 saturated heterocycles. The summed E-state index contributed by atoms with van der Waals surface area (Å²) < 4.78 is 2.42. The molecule has 3 aromatic heterocycles. The molecule has 0 unspecified atom stereocenters. The van der Waals surface area contributed by atoms with Crippen molar-refractivity contribution in [3.8, 4) is 11.3 Å². The number of aryl methyl sites for hydroxylation is 3. The van der Waals surface area contributed by atoms with Gasteiger partial charge in [0.15, 0.2) is 0 Å². The smallest absolute Gasteiger partial charge is 0.0917 e. The summed E-state index contributed by atoms with van der Waals surface area (Å²) in [6.07, 6.45) is 7.54. The standard InChI is InChI=1S/C24H34N4/c1-7-18-12-19(13-25-10-4)26-14-21(18)23-16(5)11-22-24(27-23)17(6)15-28(22)20(8-2)9-3/h11-12,14-15,20,25H,7-10,13H2,1-6H3. The van der Waals surface area contributed by atoms with Gasteiger partial charge in [-0.15, -0.1) is 0 Å². The Kier molecular flexibility index (Phi) is 6.50. The van der Waals surface area contributed by atoms with Crippen LogP contribution in [0.5, 0.6) is 0 Å². The number of nitrogens with one attached hydrogen (secondary N) is 1. The van der Waals surface area contributed by atoms with Crippen LogP contribution in [0.2, 0.25) is 0 Å². The van der Waals surface area contributed by atoms with Gasteiger partial charge in [-0.05, 0) is 68.5 Å². The first-order valence-corrected chi connectivity index (χ1v) is 10.7. The van der Waals surface area contributed by atoms with Crippen LogP contribution < -0.4 is 5.32 Å². The summed E-state index contributed by atoms with van der Waals surface area (Å²) in [5.74, 6) is 0. The van der Waals surface area contributed by atoms with Crippen LogP contribution in [0.4, 0.5) is 0 Å². The number of fused-ring (bicyclic) bond motifs is 1. The Bertz CT molecular complexity index is 951. The molecule has 0 atom stereocenters. The molecule has 0 bridgehead atoms. The number of aromatic nitrogens is 3. The maximum absolute atomic E-state index is 5.14. The summed E-state index contributed by atoms with van der Waals surface area (Å²) in [5, 5.41) is 3.36. The van der Waals surface area contributed by atoms with E-state index in [0.717, 1.165) is 54.8 Å². The third-order valence-electron chi connectivity index (χ3n) is 5.75. The zero-order valence-electron chi connectivity index (χ0n) is 18.3. The number of hydrogen-bond donors (Lipinski definition) is 1. The Labute approximate surface area is 169 Å². The van der Waals surface area contributed by atoms with Gasteiger partial charge in [-0.25, -0.2) is 4.98 Å². The van der Waals surface area contributed by atoms with E-state index < -0.39 is 0 Å². The van der Waals surface area contributed by atoms with Crippen LogP contribution in [0.3, 0.4) is 0 Å².